The van der Waals surface area contributed by atoms with Gasteiger partial charge in [-0.15, -0.1) is 0 Å². The van der Waals surface area contributed by atoms with Gasteiger partial charge >= 0.3 is 0 Å². The van der Waals surface area contributed by atoms with E-state index in [1.54, 1.807) is 37.3 Å². The molecule has 140 valence electrons. The Bertz CT molecular complexity index is 913. The van der Waals surface area contributed by atoms with Crippen LogP contribution >= 0.6 is 0 Å². The summed E-state index contributed by atoms with van der Waals surface area (Å²) in [5.41, 5.74) is 1.13. The molecule has 0 fully saturated rings. The van der Waals surface area contributed by atoms with Gasteiger partial charge < -0.3 is 10.1 Å². The van der Waals surface area contributed by atoms with Gasteiger partial charge in [0.2, 0.25) is 5.91 Å². The Kier molecular flexibility index (Phi) is 5.21. The number of amides is 2. The second-order valence-corrected chi connectivity index (χ2v) is 6.28. The summed E-state index contributed by atoms with van der Waals surface area (Å²) >= 11 is 0. The molecule has 2 aromatic carbocycles. The predicted octanol–water partition coefficient (Wildman–Crippen LogP) is 2.46. The maximum absolute atomic E-state index is 13.7. The molecule has 0 saturated carbocycles. The van der Waals surface area contributed by atoms with Gasteiger partial charge in [0.15, 0.2) is 12.4 Å². The molecule has 0 aliphatic carbocycles. The van der Waals surface area contributed by atoms with Gasteiger partial charge in [-0.25, -0.2) is 4.39 Å². The van der Waals surface area contributed by atoms with Crippen molar-refractivity contribution in [1.29, 1.82) is 0 Å². The monoisotopic (exact) mass is 370 g/mol. The Morgan fingerprint density at radius 2 is 2.00 bits per heavy atom. The number of fused-ring (bicyclic) bond motifs is 1. The minimum atomic E-state index is -0.853. The van der Waals surface area contributed by atoms with Gasteiger partial charge in [0.1, 0.15) is 17.6 Å². The van der Waals surface area contributed by atoms with Crippen molar-refractivity contribution in [3.8, 4) is 5.75 Å². The van der Waals surface area contributed by atoms with Crippen LogP contribution in [0.15, 0.2) is 42.5 Å². The van der Waals surface area contributed by atoms with Crippen molar-refractivity contribution in [3.63, 3.8) is 0 Å². The first-order chi connectivity index (χ1) is 12.9. The first-order valence-electron chi connectivity index (χ1n) is 8.49. The Labute approximate surface area is 155 Å². The van der Waals surface area contributed by atoms with E-state index < -0.39 is 23.7 Å². The third kappa shape index (κ3) is 3.81. The summed E-state index contributed by atoms with van der Waals surface area (Å²) in [4.78, 5) is 37.9. The van der Waals surface area contributed by atoms with Gasteiger partial charge in [0, 0.05) is 17.7 Å². The van der Waals surface area contributed by atoms with E-state index in [1.165, 1.54) is 24.0 Å². The molecule has 1 atom stereocenters. The molecule has 1 heterocycles. The fourth-order valence-electron chi connectivity index (χ4n) is 2.90. The highest BCUT2D eigenvalue weighted by Gasteiger charge is 2.33. The number of Topliss-reactive ketones (excluding diaryl/α,β-unsaturated/α-hetero) is 1. The summed E-state index contributed by atoms with van der Waals surface area (Å²) in [6, 6.07) is 10.0. The van der Waals surface area contributed by atoms with Gasteiger partial charge in [-0.3, -0.25) is 19.3 Å². The zero-order chi connectivity index (χ0) is 19.6. The molecule has 0 spiro atoms. The number of halogens is 1. The van der Waals surface area contributed by atoms with E-state index in [0.29, 0.717) is 22.6 Å². The Hall–Kier alpha value is -3.22. The minimum Gasteiger partial charge on any atom is -0.482 e. The van der Waals surface area contributed by atoms with Crippen LogP contribution in [0.2, 0.25) is 0 Å². The van der Waals surface area contributed by atoms with Crippen LogP contribution in [0.1, 0.15) is 29.8 Å². The van der Waals surface area contributed by atoms with E-state index >= 15 is 0 Å². The molecule has 1 aliphatic heterocycles. The van der Waals surface area contributed by atoms with Crippen LogP contribution in [0.4, 0.5) is 10.1 Å². The highest BCUT2D eigenvalue weighted by Crippen LogP contribution is 2.34. The molecule has 1 aliphatic rings. The van der Waals surface area contributed by atoms with Crippen molar-refractivity contribution in [2.45, 2.75) is 26.4 Å². The fraction of sp³-hybridized carbons (Fsp3) is 0.250. The Balaban J connectivity index is 1.81. The quantitative estimate of drug-likeness (QED) is 0.821. The third-order valence-corrected chi connectivity index (χ3v) is 4.42. The van der Waals surface area contributed by atoms with Crippen LogP contribution < -0.4 is 15.0 Å². The second kappa shape index (κ2) is 7.57. The van der Waals surface area contributed by atoms with Crippen LogP contribution in [0.5, 0.6) is 5.75 Å². The molecule has 0 bridgehead atoms. The van der Waals surface area contributed by atoms with Crippen molar-refractivity contribution >= 4 is 23.3 Å². The number of carbonyl (C=O) groups excluding carboxylic acids is 3. The zero-order valence-corrected chi connectivity index (χ0v) is 15.0. The molecule has 2 amide bonds. The lowest BCUT2D eigenvalue weighted by Gasteiger charge is -2.33. The van der Waals surface area contributed by atoms with Crippen LogP contribution in [-0.2, 0) is 16.1 Å². The van der Waals surface area contributed by atoms with E-state index in [4.69, 9.17) is 4.74 Å². The van der Waals surface area contributed by atoms with Crippen LogP contribution in [0, 0.1) is 5.82 Å². The van der Waals surface area contributed by atoms with Gasteiger partial charge in [-0.1, -0.05) is 18.2 Å². The summed E-state index contributed by atoms with van der Waals surface area (Å²) in [6.07, 6.45) is 0. The predicted molar refractivity (Wildman–Crippen MR) is 97.1 cm³/mol. The number of nitrogens with one attached hydrogen (secondary N) is 1. The van der Waals surface area contributed by atoms with E-state index in [9.17, 15) is 18.8 Å². The summed E-state index contributed by atoms with van der Waals surface area (Å²) in [6.45, 7) is 2.80. The summed E-state index contributed by atoms with van der Waals surface area (Å²) in [5.74, 6) is -0.977. The summed E-state index contributed by atoms with van der Waals surface area (Å²) in [5, 5.41) is 2.65. The molecule has 0 saturated heterocycles. The minimum absolute atomic E-state index is 0.00865. The van der Waals surface area contributed by atoms with Crippen molar-refractivity contribution in [2.75, 3.05) is 11.5 Å². The second-order valence-electron chi connectivity index (χ2n) is 6.28. The van der Waals surface area contributed by atoms with Crippen molar-refractivity contribution in [3.05, 3.63) is 59.4 Å². The van der Waals surface area contributed by atoms with E-state index in [0.717, 1.165) is 0 Å². The molecule has 0 radical (unpaired) electrons. The molecule has 6 nitrogen and oxygen atoms in total. The lowest BCUT2D eigenvalue weighted by molar-refractivity contribution is -0.127. The molecule has 1 N–H and O–H groups in total. The molecular formula is C20H19FN2O4. The number of ether oxygens (including phenoxy) is 1. The molecule has 7 heteroatoms. The number of hydrogen-bond donors (Lipinski definition) is 1. The molecule has 3 rings (SSSR count). The SMILES string of the molecule is CC(=O)c1ccc2c(c1)N(C(C)C(=O)NCc1ccccc1F)C(=O)CO2. The third-order valence-electron chi connectivity index (χ3n) is 4.42. The number of carbonyl (C=O) groups is 3. The molecule has 2 aromatic rings. The maximum Gasteiger partial charge on any atom is 0.265 e. The lowest BCUT2D eigenvalue weighted by atomic mass is 10.1. The number of ketones is 1. The maximum atomic E-state index is 13.7. The van der Waals surface area contributed by atoms with Crippen LogP contribution in [-0.4, -0.2) is 30.2 Å². The van der Waals surface area contributed by atoms with Crippen molar-refractivity contribution < 1.29 is 23.5 Å². The first kappa shape index (κ1) is 18.6. The Morgan fingerprint density at radius 3 is 2.70 bits per heavy atom. The molecule has 0 aromatic heterocycles. The van der Waals surface area contributed by atoms with E-state index in [-0.39, 0.29) is 18.9 Å². The number of anilines is 1. The molecule has 1 unspecified atom stereocenters. The standard InChI is InChI=1S/C20H19FN2O4/c1-12(20(26)22-10-15-5-3-4-6-16(15)21)23-17-9-14(13(2)24)7-8-18(17)27-11-19(23)25/h3-9,12H,10-11H2,1-2H3,(H,22,26). The van der Waals surface area contributed by atoms with Gasteiger partial charge in [-0.05, 0) is 38.1 Å². The number of hydrogen-bond acceptors (Lipinski definition) is 4. The first-order valence-corrected chi connectivity index (χ1v) is 8.49. The lowest BCUT2D eigenvalue weighted by Crippen LogP contribution is -2.51. The number of nitrogens with zero attached hydrogens (tertiary/aromatic N) is 1. The zero-order valence-electron chi connectivity index (χ0n) is 15.0. The van der Waals surface area contributed by atoms with Gasteiger partial charge in [0.05, 0.1) is 5.69 Å². The summed E-state index contributed by atoms with van der Waals surface area (Å²) in [7, 11) is 0. The topological polar surface area (TPSA) is 75.7 Å². The normalized spacial score (nSPS) is 14.2. The van der Waals surface area contributed by atoms with Crippen molar-refractivity contribution in [2.24, 2.45) is 0 Å². The van der Waals surface area contributed by atoms with Crippen LogP contribution in [0.3, 0.4) is 0 Å². The van der Waals surface area contributed by atoms with Gasteiger partial charge in [0.25, 0.3) is 5.91 Å². The fourth-order valence-corrected chi connectivity index (χ4v) is 2.90. The van der Waals surface area contributed by atoms with Gasteiger partial charge in [-0.2, -0.15) is 0 Å². The van der Waals surface area contributed by atoms with Crippen LogP contribution in [0.25, 0.3) is 0 Å². The number of benzene rings is 2. The largest absolute Gasteiger partial charge is 0.482 e. The Morgan fingerprint density at radius 1 is 1.26 bits per heavy atom. The highest BCUT2D eigenvalue weighted by atomic mass is 19.1. The number of rotatable bonds is 5. The van der Waals surface area contributed by atoms with E-state index in [1.807, 2.05) is 0 Å². The molecule has 27 heavy (non-hydrogen) atoms. The average Bonchev–Trinajstić information content (AvgIpc) is 2.66. The average molecular weight is 370 g/mol. The van der Waals surface area contributed by atoms with E-state index in [2.05, 4.69) is 5.32 Å². The smallest absolute Gasteiger partial charge is 0.265 e. The molecular weight excluding hydrogens is 351 g/mol. The van der Waals surface area contributed by atoms with Crippen molar-refractivity contribution in [1.82, 2.24) is 5.32 Å². The highest BCUT2D eigenvalue weighted by molar-refractivity contribution is 6.05. The summed E-state index contributed by atoms with van der Waals surface area (Å²) < 4.78 is 19.1.